The van der Waals surface area contributed by atoms with Gasteiger partial charge in [-0.1, -0.05) is 13.8 Å². The van der Waals surface area contributed by atoms with E-state index in [1.165, 1.54) is 12.3 Å². The molecule has 8 heteroatoms. The zero-order chi connectivity index (χ0) is 18.8. The standard InChI is InChI=1S/C18H23N5O3/c1-4-13(5-2)23-16-15(7-12(8-20-16)17(24)25)22(18(23)26)10-14-9-19-11-21(14)6-3/h7-9,11,13H,4-6,10H2,1-3H3,(H,24,25). The molecule has 3 aromatic rings. The van der Waals surface area contributed by atoms with Gasteiger partial charge in [-0.15, -0.1) is 0 Å². The molecule has 8 nitrogen and oxygen atoms in total. The van der Waals surface area contributed by atoms with Crippen molar-refractivity contribution in [3.63, 3.8) is 0 Å². The van der Waals surface area contributed by atoms with Crippen molar-refractivity contribution in [2.45, 2.75) is 52.7 Å². The Morgan fingerprint density at radius 1 is 1.23 bits per heavy atom. The van der Waals surface area contributed by atoms with Crippen LogP contribution in [0.4, 0.5) is 0 Å². The smallest absolute Gasteiger partial charge is 0.337 e. The Balaban J connectivity index is 2.25. The van der Waals surface area contributed by atoms with Crippen LogP contribution in [0.5, 0.6) is 0 Å². The highest BCUT2D eigenvalue weighted by atomic mass is 16.4. The molecule has 0 aliphatic carbocycles. The number of rotatable bonds is 7. The third kappa shape index (κ3) is 2.91. The number of hydrogen-bond acceptors (Lipinski definition) is 4. The lowest BCUT2D eigenvalue weighted by atomic mass is 10.1. The topological polar surface area (TPSA) is 94.9 Å². The van der Waals surface area contributed by atoms with E-state index in [0.29, 0.717) is 17.7 Å². The summed E-state index contributed by atoms with van der Waals surface area (Å²) in [6.07, 6.45) is 6.35. The van der Waals surface area contributed by atoms with Gasteiger partial charge < -0.3 is 9.67 Å². The monoisotopic (exact) mass is 357 g/mol. The molecule has 1 N–H and O–H groups in total. The maximum atomic E-state index is 13.2. The summed E-state index contributed by atoms with van der Waals surface area (Å²) in [7, 11) is 0. The van der Waals surface area contributed by atoms with Crippen LogP contribution in [-0.2, 0) is 13.1 Å². The second-order valence-electron chi connectivity index (χ2n) is 6.25. The highest BCUT2D eigenvalue weighted by Gasteiger charge is 2.21. The fourth-order valence-corrected chi connectivity index (χ4v) is 3.33. The highest BCUT2D eigenvalue weighted by molar-refractivity contribution is 5.91. The number of aryl methyl sites for hydroxylation is 1. The highest BCUT2D eigenvalue weighted by Crippen LogP contribution is 2.21. The fraction of sp³-hybridized carbons (Fsp3) is 0.444. The third-order valence-corrected chi connectivity index (χ3v) is 4.82. The first-order chi connectivity index (χ1) is 12.5. The molecule has 0 saturated heterocycles. The van der Waals surface area contributed by atoms with Crippen molar-refractivity contribution < 1.29 is 9.90 Å². The molecular formula is C18H23N5O3. The molecule has 3 rings (SSSR count). The molecule has 0 aromatic carbocycles. The van der Waals surface area contributed by atoms with E-state index in [9.17, 15) is 14.7 Å². The molecule has 0 bridgehead atoms. The first-order valence-electron chi connectivity index (χ1n) is 8.84. The Morgan fingerprint density at radius 2 is 1.96 bits per heavy atom. The third-order valence-electron chi connectivity index (χ3n) is 4.82. The van der Waals surface area contributed by atoms with Crippen molar-refractivity contribution in [3.8, 4) is 0 Å². The average Bonchev–Trinajstić information content (AvgIpc) is 3.20. The Kier molecular flexibility index (Phi) is 4.92. The molecule has 0 atom stereocenters. The van der Waals surface area contributed by atoms with Gasteiger partial charge in [-0.25, -0.2) is 19.6 Å². The second-order valence-corrected chi connectivity index (χ2v) is 6.25. The maximum Gasteiger partial charge on any atom is 0.337 e. The van der Waals surface area contributed by atoms with Crippen LogP contribution in [0.3, 0.4) is 0 Å². The minimum absolute atomic E-state index is 0.0190. The van der Waals surface area contributed by atoms with Gasteiger partial charge >= 0.3 is 11.7 Å². The first kappa shape index (κ1) is 17.9. The minimum atomic E-state index is -1.06. The molecule has 3 heterocycles. The number of hydrogen-bond donors (Lipinski definition) is 1. The van der Waals surface area contributed by atoms with Gasteiger partial charge in [0, 0.05) is 25.0 Å². The molecule has 26 heavy (non-hydrogen) atoms. The lowest BCUT2D eigenvalue weighted by Crippen LogP contribution is -2.28. The fourth-order valence-electron chi connectivity index (χ4n) is 3.33. The van der Waals surface area contributed by atoms with Crippen LogP contribution in [0, 0.1) is 0 Å². The van der Waals surface area contributed by atoms with Gasteiger partial charge in [0.15, 0.2) is 5.65 Å². The molecule has 0 unspecified atom stereocenters. The van der Waals surface area contributed by atoms with Gasteiger partial charge in [0.25, 0.3) is 0 Å². The maximum absolute atomic E-state index is 13.2. The molecule has 0 fully saturated rings. The zero-order valence-corrected chi connectivity index (χ0v) is 15.2. The normalized spacial score (nSPS) is 11.5. The van der Waals surface area contributed by atoms with Crippen molar-refractivity contribution in [2.75, 3.05) is 0 Å². The summed E-state index contributed by atoms with van der Waals surface area (Å²) in [6.45, 7) is 7.13. The largest absolute Gasteiger partial charge is 0.478 e. The summed E-state index contributed by atoms with van der Waals surface area (Å²) in [5, 5.41) is 9.30. The van der Waals surface area contributed by atoms with Crippen molar-refractivity contribution >= 4 is 17.1 Å². The number of carbonyl (C=O) groups is 1. The minimum Gasteiger partial charge on any atom is -0.478 e. The quantitative estimate of drug-likeness (QED) is 0.701. The van der Waals surface area contributed by atoms with E-state index in [2.05, 4.69) is 9.97 Å². The van der Waals surface area contributed by atoms with Crippen LogP contribution < -0.4 is 5.69 Å². The van der Waals surface area contributed by atoms with E-state index < -0.39 is 5.97 Å². The SMILES string of the molecule is CCC(CC)n1c(=O)n(Cc2cncn2CC)c2cc(C(=O)O)cnc21. The first-order valence-corrected chi connectivity index (χ1v) is 8.84. The van der Waals surface area contributed by atoms with Gasteiger partial charge in [-0.2, -0.15) is 0 Å². The molecule has 0 amide bonds. The van der Waals surface area contributed by atoms with Crippen molar-refractivity contribution in [1.29, 1.82) is 0 Å². The van der Waals surface area contributed by atoms with Crippen LogP contribution in [0.25, 0.3) is 11.2 Å². The molecule has 3 aromatic heterocycles. The van der Waals surface area contributed by atoms with Gasteiger partial charge in [-0.05, 0) is 25.8 Å². The van der Waals surface area contributed by atoms with Gasteiger partial charge in [0.2, 0.25) is 0 Å². The predicted octanol–water partition coefficient (Wildman–Crippen LogP) is 2.52. The van der Waals surface area contributed by atoms with Crippen LogP contribution >= 0.6 is 0 Å². The number of imidazole rings is 2. The van der Waals surface area contributed by atoms with Crippen LogP contribution in [0.15, 0.2) is 29.6 Å². The van der Waals surface area contributed by atoms with E-state index in [0.717, 1.165) is 25.1 Å². The summed E-state index contributed by atoms with van der Waals surface area (Å²) < 4.78 is 5.24. The summed E-state index contributed by atoms with van der Waals surface area (Å²) in [4.78, 5) is 33.0. The Morgan fingerprint density at radius 3 is 2.58 bits per heavy atom. The predicted molar refractivity (Wildman–Crippen MR) is 97.6 cm³/mol. The number of aromatic nitrogens is 5. The lowest BCUT2D eigenvalue weighted by Gasteiger charge is -2.13. The number of aromatic carboxylic acids is 1. The average molecular weight is 357 g/mol. The summed E-state index contributed by atoms with van der Waals surface area (Å²) in [5.74, 6) is -1.06. The van der Waals surface area contributed by atoms with Crippen LogP contribution in [0.2, 0.25) is 0 Å². The van der Waals surface area contributed by atoms with E-state index >= 15 is 0 Å². The zero-order valence-electron chi connectivity index (χ0n) is 15.2. The Labute approximate surface area is 150 Å². The van der Waals surface area contributed by atoms with Gasteiger partial charge in [0.1, 0.15) is 0 Å². The van der Waals surface area contributed by atoms with Crippen LogP contribution in [0.1, 0.15) is 55.7 Å². The van der Waals surface area contributed by atoms with Crippen LogP contribution in [-0.4, -0.2) is 34.7 Å². The molecule has 0 saturated carbocycles. The second kappa shape index (κ2) is 7.15. The molecule has 0 aliphatic heterocycles. The number of pyridine rings is 1. The van der Waals surface area contributed by atoms with Crippen molar-refractivity contribution in [2.24, 2.45) is 0 Å². The van der Waals surface area contributed by atoms with E-state index in [-0.39, 0.29) is 17.3 Å². The van der Waals surface area contributed by atoms with Gasteiger partial charge in [0.05, 0.1) is 29.6 Å². The molecular weight excluding hydrogens is 334 g/mol. The molecule has 138 valence electrons. The molecule has 0 aliphatic rings. The number of nitrogens with zero attached hydrogens (tertiary/aromatic N) is 5. The summed E-state index contributed by atoms with van der Waals surface area (Å²) in [6, 6.07) is 1.54. The number of fused-ring (bicyclic) bond motifs is 1. The number of carboxylic acids is 1. The summed E-state index contributed by atoms with van der Waals surface area (Å²) >= 11 is 0. The molecule has 0 radical (unpaired) electrons. The van der Waals surface area contributed by atoms with Crippen molar-refractivity contribution in [3.05, 3.63) is 46.5 Å². The number of carboxylic acid groups (broad SMARTS) is 1. The van der Waals surface area contributed by atoms with E-state index in [1.807, 2.05) is 25.3 Å². The lowest BCUT2D eigenvalue weighted by molar-refractivity contribution is 0.0696. The Bertz CT molecular complexity index is 994. The molecule has 0 spiro atoms. The van der Waals surface area contributed by atoms with Gasteiger partial charge in [-0.3, -0.25) is 9.13 Å². The Hall–Kier alpha value is -2.90. The summed E-state index contributed by atoms with van der Waals surface area (Å²) in [5.41, 5.74) is 1.84. The van der Waals surface area contributed by atoms with E-state index in [4.69, 9.17) is 0 Å². The van der Waals surface area contributed by atoms with E-state index in [1.54, 1.807) is 21.7 Å². The van der Waals surface area contributed by atoms with Crippen molar-refractivity contribution in [1.82, 2.24) is 23.7 Å².